The van der Waals surface area contributed by atoms with Crippen LogP contribution in [-0.2, 0) is 13.0 Å². The Hall–Kier alpha value is -1.55. The Morgan fingerprint density at radius 2 is 2.00 bits per heavy atom. The minimum atomic E-state index is 0.799. The zero-order valence-electron chi connectivity index (χ0n) is 12.6. The van der Waals surface area contributed by atoms with Gasteiger partial charge < -0.3 is 15.0 Å². The normalized spacial score (nSPS) is 11.2. The zero-order valence-corrected chi connectivity index (χ0v) is 12.6. The molecule has 2 aromatic rings. The summed E-state index contributed by atoms with van der Waals surface area (Å²) in [6, 6.07) is 6.11. The number of imidazole rings is 1. The van der Waals surface area contributed by atoms with Crippen LogP contribution in [0.15, 0.2) is 18.2 Å². The summed E-state index contributed by atoms with van der Waals surface area (Å²) in [4.78, 5) is 4.77. The number of aromatic nitrogens is 2. The highest BCUT2D eigenvalue weighted by molar-refractivity contribution is 5.77. The molecule has 0 fully saturated rings. The molecule has 2 rings (SSSR count). The van der Waals surface area contributed by atoms with Crippen molar-refractivity contribution in [1.82, 2.24) is 9.55 Å². The highest BCUT2D eigenvalue weighted by Crippen LogP contribution is 2.22. The molecule has 0 spiro atoms. The molecule has 0 saturated heterocycles. The molecule has 0 aliphatic heterocycles. The van der Waals surface area contributed by atoms with Gasteiger partial charge >= 0.3 is 0 Å². The van der Waals surface area contributed by atoms with Crippen LogP contribution in [0.1, 0.15) is 38.4 Å². The summed E-state index contributed by atoms with van der Waals surface area (Å²) in [7, 11) is 1.69. The maximum atomic E-state index is 5.52. The first kappa shape index (κ1) is 14.9. The molecule has 2 N–H and O–H groups in total. The molecule has 1 aromatic heterocycles. The van der Waals surface area contributed by atoms with E-state index in [-0.39, 0.29) is 0 Å². The van der Waals surface area contributed by atoms with E-state index in [0.29, 0.717) is 0 Å². The number of methoxy groups -OCH3 is 1. The molecule has 0 bridgehead atoms. The number of fused-ring (bicyclic) bond motifs is 1. The predicted molar refractivity (Wildman–Crippen MR) is 83.2 cm³/mol. The van der Waals surface area contributed by atoms with Crippen molar-refractivity contribution in [2.75, 3.05) is 13.7 Å². The highest BCUT2D eigenvalue weighted by atomic mass is 16.5. The van der Waals surface area contributed by atoms with Gasteiger partial charge in [-0.05, 0) is 38.4 Å². The lowest BCUT2D eigenvalue weighted by molar-refractivity contribution is 0.415. The number of benzene rings is 1. The summed E-state index contributed by atoms with van der Waals surface area (Å²) in [6.07, 6.45) is 5.79. The van der Waals surface area contributed by atoms with Crippen LogP contribution in [0.25, 0.3) is 11.0 Å². The first-order chi connectivity index (χ1) is 9.80. The molecule has 4 nitrogen and oxygen atoms in total. The monoisotopic (exact) mass is 275 g/mol. The molecule has 1 aromatic carbocycles. The Balaban J connectivity index is 2.11. The number of nitrogens with zero attached hydrogens (tertiary/aromatic N) is 2. The standard InChI is InChI=1S/C16H25N3O/c1-3-19-15-10-9-13(20-2)12-14(15)18-16(19)8-6-4-5-7-11-17/h9-10,12H,3-8,11,17H2,1-2H3. The van der Waals surface area contributed by atoms with Crippen molar-refractivity contribution < 1.29 is 4.74 Å². The summed E-state index contributed by atoms with van der Waals surface area (Å²) in [5.74, 6) is 2.05. The fourth-order valence-electron chi connectivity index (χ4n) is 2.61. The Bertz CT molecular complexity index is 548. The lowest BCUT2D eigenvalue weighted by Gasteiger charge is -2.06. The molecule has 110 valence electrons. The van der Waals surface area contributed by atoms with E-state index >= 15 is 0 Å². The molecule has 0 aliphatic carbocycles. The Morgan fingerprint density at radius 1 is 1.20 bits per heavy atom. The fourth-order valence-corrected chi connectivity index (χ4v) is 2.61. The van der Waals surface area contributed by atoms with Crippen LogP contribution < -0.4 is 10.5 Å². The van der Waals surface area contributed by atoms with Crippen molar-refractivity contribution in [3.63, 3.8) is 0 Å². The first-order valence-electron chi connectivity index (χ1n) is 7.53. The third kappa shape index (κ3) is 3.31. The molecule has 1 heterocycles. The van der Waals surface area contributed by atoms with Gasteiger partial charge in [0, 0.05) is 19.0 Å². The van der Waals surface area contributed by atoms with E-state index in [1.807, 2.05) is 12.1 Å². The molecule has 4 heteroatoms. The molecular formula is C16H25N3O. The average Bonchev–Trinajstić information content (AvgIpc) is 2.83. The van der Waals surface area contributed by atoms with Gasteiger partial charge in [0.1, 0.15) is 11.6 Å². The maximum absolute atomic E-state index is 5.52. The van der Waals surface area contributed by atoms with Crippen molar-refractivity contribution in [2.24, 2.45) is 5.73 Å². The van der Waals surface area contributed by atoms with E-state index in [1.54, 1.807) is 7.11 Å². The second-order valence-corrected chi connectivity index (χ2v) is 5.08. The summed E-state index contributed by atoms with van der Waals surface area (Å²) in [5, 5.41) is 0. The van der Waals surface area contributed by atoms with E-state index < -0.39 is 0 Å². The first-order valence-corrected chi connectivity index (χ1v) is 7.53. The molecule has 0 atom stereocenters. The fraction of sp³-hybridized carbons (Fsp3) is 0.562. The highest BCUT2D eigenvalue weighted by Gasteiger charge is 2.09. The third-order valence-corrected chi connectivity index (χ3v) is 3.71. The van der Waals surface area contributed by atoms with Gasteiger partial charge in [0.2, 0.25) is 0 Å². The SMILES string of the molecule is CCn1c(CCCCCCN)nc2cc(OC)ccc21. The van der Waals surface area contributed by atoms with Crippen molar-refractivity contribution in [3.05, 3.63) is 24.0 Å². The second kappa shape index (κ2) is 7.29. The molecule has 0 saturated carbocycles. The van der Waals surface area contributed by atoms with Crippen molar-refractivity contribution in [2.45, 2.75) is 45.6 Å². The van der Waals surface area contributed by atoms with E-state index in [0.717, 1.165) is 37.2 Å². The van der Waals surface area contributed by atoms with Crippen molar-refractivity contribution >= 4 is 11.0 Å². The summed E-state index contributed by atoms with van der Waals surface area (Å²) >= 11 is 0. The Kier molecular flexibility index (Phi) is 5.41. The van der Waals surface area contributed by atoms with Gasteiger partial charge in [-0.15, -0.1) is 0 Å². The topological polar surface area (TPSA) is 53.1 Å². The molecule has 0 radical (unpaired) electrons. The lowest BCUT2D eigenvalue weighted by atomic mass is 10.1. The molecular weight excluding hydrogens is 250 g/mol. The Labute approximate surface area is 120 Å². The smallest absolute Gasteiger partial charge is 0.121 e. The van der Waals surface area contributed by atoms with Gasteiger partial charge in [-0.2, -0.15) is 0 Å². The molecule has 0 amide bonds. The number of hydrogen-bond donors (Lipinski definition) is 1. The second-order valence-electron chi connectivity index (χ2n) is 5.08. The van der Waals surface area contributed by atoms with Crippen LogP contribution in [0.4, 0.5) is 0 Å². The number of rotatable bonds is 8. The lowest BCUT2D eigenvalue weighted by Crippen LogP contribution is -2.02. The van der Waals surface area contributed by atoms with Gasteiger partial charge in [0.15, 0.2) is 0 Å². The van der Waals surface area contributed by atoms with E-state index in [4.69, 9.17) is 15.5 Å². The number of ether oxygens (including phenoxy) is 1. The van der Waals surface area contributed by atoms with Crippen LogP contribution in [0.5, 0.6) is 5.75 Å². The van der Waals surface area contributed by atoms with Crippen molar-refractivity contribution in [1.29, 1.82) is 0 Å². The van der Waals surface area contributed by atoms with Gasteiger partial charge in [0.05, 0.1) is 18.1 Å². The number of aryl methyl sites for hydroxylation is 2. The number of unbranched alkanes of at least 4 members (excludes halogenated alkanes) is 3. The summed E-state index contributed by atoms with van der Waals surface area (Å²) in [6.45, 7) is 3.93. The summed E-state index contributed by atoms with van der Waals surface area (Å²) < 4.78 is 7.57. The summed E-state index contributed by atoms with van der Waals surface area (Å²) in [5.41, 5.74) is 7.75. The minimum absolute atomic E-state index is 0.799. The molecule has 0 aliphatic rings. The van der Waals surface area contributed by atoms with E-state index in [1.165, 1.54) is 30.6 Å². The quantitative estimate of drug-likeness (QED) is 0.753. The van der Waals surface area contributed by atoms with Crippen LogP contribution in [0.2, 0.25) is 0 Å². The zero-order chi connectivity index (χ0) is 14.4. The predicted octanol–water partition coefficient (Wildman–Crippen LogP) is 3.13. The molecule has 0 unspecified atom stereocenters. The maximum Gasteiger partial charge on any atom is 0.121 e. The third-order valence-electron chi connectivity index (χ3n) is 3.71. The van der Waals surface area contributed by atoms with E-state index in [9.17, 15) is 0 Å². The van der Waals surface area contributed by atoms with Crippen LogP contribution in [-0.4, -0.2) is 23.2 Å². The van der Waals surface area contributed by atoms with E-state index in [2.05, 4.69) is 17.6 Å². The Morgan fingerprint density at radius 3 is 2.70 bits per heavy atom. The average molecular weight is 275 g/mol. The van der Waals surface area contributed by atoms with Gasteiger partial charge in [-0.25, -0.2) is 4.98 Å². The molecule has 20 heavy (non-hydrogen) atoms. The minimum Gasteiger partial charge on any atom is -0.497 e. The van der Waals surface area contributed by atoms with Crippen LogP contribution >= 0.6 is 0 Å². The van der Waals surface area contributed by atoms with Crippen molar-refractivity contribution in [3.8, 4) is 5.75 Å². The number of nitrogens with two attached hydrogens (primary N) is 1. The largest absolute Gasteiger partial charge is 0.497 e. The van der Waals surface area contributed by atoms with Gasteiger partial charge in [-0.3, -0.25) is 0 Å². The van der Waals surface area contributed by atoms with Gasteiger partial charge in [-0.1, -0.05) is 12.8 Å². The van der Waals surface area contributed by atoms with Gasteiger partial charge in [0.25, 0.3) is 0 Å². The van der Waals surface area contributed by atoms with Crippen LogP contribution in [0.3, 0.4) is 0 Å². The van der Waals surface area contributed by atoms with Crippen LogP contribution in [0, 0.1) is 0 Å². The number of hydrogen-bond acceptors (Lipinski definition) is 3.